The topological polar surface area (TPSA) is 76.3 Å². The van der Waals surface area contributed by atoms with E-state index in [0.717, 1.165) is 4.88 Å². The maximum absolute atomic E-state index is 13.5. The number of aromatic nitrogens is 2. The number of benzene rings is 1. The van der Waals surface area contributed by atoms with Crippen molar-refractivity contribution in [3.8, 4) is 10.7 Å². The predicted molar refractivity (Wildman–Crippen MR) is 104 cm³/mol. The van der Waals surface area contributed by atoms with Crippen LogP contribution in [0.2, 0.25) is 0 Å². The molecule has 0 radical (unpaired) electrons. The Morgan fingerprint density at radius 1 is 1.18 bits per heavy atom. The van der Waals surface area contributed by atoms with Gasteiger partial charge in [0.2, 0.25) is 21.7 Å². The maximum Gasteiger partial charge on any atom is 0.243 e. The minimum Gasteiger partial charge on any atom is -0.339 e. The zero-order valence-corrected chi connectivity index (χ0v) is 17.2. The van der Waals surface area contributed by atoms with Crippen LogP contribution in [0.3, 0.4) is 0 Å². The second-order valence-electron chi connectivity index (χ2n) is 6.96. The van der Waals surface area contributed by atoms with Crippen LogP contribution in [0.5, 0.6) is 0 Å². The lowest BCUT2D eigenvalue weighted by Crippen LogP contribution is -2.38. The second kappa shape index (κ2) is 7.38. The fourth-order valence-corrected chi connectivity index (χ4v) is 5.67. The van der Waals surface area contributed by atoms with Crippen molar-refractivity contribution in [3.63, 3.8) is 0 Å². The minimum absolute atomic E-state index is 0.0312. The maximum atomic E-state index is 13.5. The van der Waals surface area contributed by atoms with Crippen LogP contribution in [0, 0.1) is 19.7 Å². The van der Waals surface area contributed by atoms with Crippen molar-refractivity contribution in [1.82, 2.24) is 14.4 Å². The number of hydrogen-bond acceptors (Lipinski definition) is 6. The first-order valence-electron chi connectivity index (χ1n) is 9.01. The van der Waals surface area contributed by atoms with Crippen molar-refractivity contribution in [2.24, 2.45) is 0 Å². The van der Waals surface area contributed by atoms with Crippen LogP contribution in [-0.4, -0.2) is 36.0 Å². The average molecular weight is 422 g/mol. The third-order valence-corrected chi connectivity index (χ3v) is 7.86. The Bertz CT molecular complexity index is 1100. The van der Waals surface area contributed by atoms with Crippen molar-refractivity contribution in [1.29, 1.82) is 0 Å². The Morgan fingerprint density at radius 2 is 1.93 bits per heavy atom. The number of sulfonamides is 1. The van der Waals surface area contributed by atoms with Crippen molar-refractivity contribution in [2.75, 3.05) is 13.1 Å². The molecule has 2 aromatic heterocycles. The Balaban J connectivity index is 1.46. The van der Waals surface area contributed by atoms with Gasteiger partial charge in [0.05, 0.1) is 9.77 Å². The molecule has 3 heterocycles. The van der Waals surface area contributed by atoms with Crippen molar-refractivity contribution in [2.45, 2.75) is 37.5 Å². The van der Waals surface area contributed by atoms with E-state index in [-0.39, 0.29) is 10.8 Å². The normalized spacial score (nSPS) is 16.5. The lowest BCUT2D eigenvalue weighted by molar-refractivity contribution is 0.271. The van der Waals surface area contributed by atoms with Gasteiger partial charge in [-0.25, -0.2) is 12.8 Å². The quantitative estimate of drug-likeness (QED) is 0.633. The summed E-state index contributed by atoms with van der Waals surface area (Å²) in [4.78, 5) is 6.76. The van der Waals surface area contributed by atoms with E-state index in [0.29, 0.717) is 43.2 Å². The van der Waals surface area contributed by atoms with Crippen LogP contribution in [-0.2, 0) is 10.0 Å². The van der Waals surface area contributed by atoms with E-state index in [1.54, 1.807) is 18.3 Å². The van der Waals surface area contributed by atoms with Gasteiger partial charge in [0.1, 0.15) is 5.82 Å². The summed E-state index contributed by atoms with van der Waals surface area (Å²) in [5.41, 5.74) is 0.318. The van der Waals surface area contributed by atoms with Crippen LogP contribution in [0.1, 0.15) is 35.1 Å². The molecule has 0 atom stereocenters. The molecule has 1 aliphatic heterocycles. The molecule has 0 saturated carbocycles. The minimum atomic E-state index is -3.64. The number of aryl methyl sites for hydroxylation is 2. The summed E-state index contributed by atoms with van der Waals surface area (Å²) in [6, 6.07) is 7.87. The van der Waals surface area contributed by atoms with Gasteiger partial charge in [-0.05, 0) is 62.6 Å². The number of hydrogen-bond donors (Lipinski definition) is 0. The smallest absolute Gasteiger partial charge is 0.243 e. The molecule has 28 heavy (non-hydrogen) atoms. The summed E-state index contributed by atoms with van der Waals surface area (Å²) in [6.45, 7) is 4.30. The van der Waals surface area contributed by atoms with Gasteiger partial charge in [-0.3, -0.25) is 0 Å². The zero-order valence-electron chi connectivity index (χ0n) is 15.6. The van der Waals surface area contributed by atoms with Gasteiger partial charge in [0.25, 0.3) is 0 Å². The molecule has 0 aliphatic carbocycles. The van der Waals surface area contributed by atoms with Crippen molar-refractivity contribution >= 4 is 21.4 Å². The van der Waals surface area contributed by atoms with Crippen LogP contribution < -0.4 is 0 Å². The lowest BCUT2D eigenvalue weighted by atomic mass is 9.98. The van der Waals surface area contributed by atoms with E-state index in [4.69, 9.17) is 4.52 Å². The molecule has 1 saturated heterocycles. The molecule has 1 aliphatic rings. The monoisotopic (exact) mass is 421 g/mol. The van der Waals surface area contributed by atoms with Gasteiger partial charge in [-0.2, -0.15) is 9.29 Å². The van der Waals surface area contributed by atoms with E-state index in [9.17, 15) is 12.8 Å². The molecule has 148 valence electrons. The first-order chi connectivity index (χ1) is 13.3. The summed E-state index contributed by atoms with van der Waals surface area (Å²) in [5.74, 6) is 0.746. The molecular weight excluding hydrogens is 401 g/mol. The van der Waals surface area contributed by atoms with E-state index in [1.807, 2.05) is 19.1 Å². The molecular formula is C19H20FN3O3S2. The Kier molecular flexibility index (Phi) is 5.07. The lowest BCUT2D eigenvalue weighted by Gasteiger charge is -2.29. The molecule has 0 bridgehead atoms. The number of piperidine rings is 1. The highest BCUT2D eigenvalue weighted by Crippen LogP contribution is 2.32. The molecule has 0 unspecified atom stereocenters. The molecule has 3 aromatic rings. The molecule has 4 rings (SSSR count). The van der Waals surface area contributed by atoms with Crippen LogP contribution in [0.4, 0.5) is 4.39 Å². The van der Waals surface area contributed by atoms with Gasteiger partial charge in [0.15, 0.2) is 0 Å². The summed E-state index contributed by atoms with van der Waals surface area (Å²) >= 11 is 1.61. The third kappa shape index (κ3) is 3.61. The van der Waals surface area contributed by atoms with E-state index < -0.39 is 15.8 Å². The highest BCUT2D eigenvalue weighted by molar-refractivity contribution is 7.89. The molecule has 0 spiro atoms. The first-order valence-corrected chi connectivity index (χ1v) is 11.3. The molecule has 1 fully saturated rings. The molecule has 0 N–H and O–H groups in total. The summed E-state index contributed by atoms with van der Waals surface area (Å²) in [6.07, 6.45) is 1.20. The average Bonchev–Trinajstić information content (AvgIpc) is 3.33. The number of nitrogens with zero attached hydrogens (tertiary/aromatic N) is 3. The highest BCUT2D eigenvalue weighted by Gasteiger charge is 2.32. The van der Waals surface area contributed by atoms with Gasteiger partial charge in [-0.15, -0.1) is 11.3 Å². The van der Waals surface area contributed by atoms with E-state index >= 15 is 0 Å². The van der Waals surface area contributed by atoms with Crippen LogP contribution in [0.25, 0.3) is 10.7 Å². The van der Waals surface area contributed by atoms with Gasteiger partial charge >= 0.3 is 0 Å². The highest BCUT2D eigenvalue weighted by atomic mass is 32.2. The molecule has 6 nitrogen and oxygen atoms in total. The van der Waals surface area contributed by atoms with E-state index in [1.165, 1.54) is 27.4 Å². The van der Waals surface area contributed by atoms with Crippen molar-refractivity contribution in [3.05, 3.63) is 52.5 Å². The van der Waals surface area contributed by atoms with Crippen LogP contribution in [0.15, 0.2) is 39.8 Å². The largest absolute Gasteiger partial charge is 0.339 e. The van der Waals surface area contributed by atoms with Gasteiger partial charge in [-0.1, -0.05) is 5.16 Å². The fourth-order valence-electron chi connectivity index (χ4n) is 3.33. The predicted octanol–water partition coefficient (Wildman–Crippen LogP) is 4.12. The summed E-state index contributed by atoms with van der Waals surface area (Å²) < 4.78 is 46.0. The number of halogens is 1. The van der Waals surface area contributed by atoms with Crippen LogP contribution >= 0.6 is 11.3 Å². The molecule has 0 amide bonds. The van der Waals surface area contributed by atoms with Gasteiger partial charge in [0, 0.05) is 23.9 Å². The number of thiophene rings is 1. The third-order valence-electron chi connectivity index (χ3n) is 4.97. The SMILES string of the molecule is Cc1ccc(-c2noc(C3CCN(S(=O)(=O)c4ccc(F)c(C)c4)CC3)n2)s1. The standard InChI is InChI=1S/C19H20FN3O3S2/c1-12-11-15(4-5-16(12)20)28(24,25)23-9-7-14(8-10-23)19-21-18(22-26-19)17-6-3-13(2)27-17/h3-6,11,14H,7-10H2,1-2H3. The Labute approximate surface area is 167 Å². The van der Waals surface area contributed by atoms with E-state index in [2.05, 4.69) is 10.1 Å². The first kappa shape index (κ1) is 19.2. The second-order valence-corrected chi connectivity index (χ2v) is 10.2. The summed E-state index contributed by atoms with van der Waals surface area (Å²) in [7, 11) is -3.64. The zero-order chi connectivity index (χ0) is 19.9. The summed E-state index contributed by atoms with van der Waals surface area (Å²) in [5, 5.41) is 4.07. The molecule has 1 aromatic carbocycles. The Hall–Kier alpha value is -2.10. The Morgan fingerprint density at radius 3 is 2.57 bits per heavy atom. The molecule has 9 heteroatoms. The fraction of sp³-hybridized carbons (Fsp3) is 0.368. The van der Waals surface area contributed by atoms with Crippen molar-refractivity contribution < 1.29 is 17.3 Å². The van der Waals surface area contributed by atoms with Gasteiger partial charge < -0.3 is 4.52 Å². The number of rotatable bonds is 4.